The Morgan fingerprint density at radius 1 is 1.22 bits per heavy atom. The van der Waals surface area contributed by atoms with E-state index in [1.54, 1.807) is 6.92 Å². The van der Waals surface area contributed by atoms with Crippen molar-refractivity contribution in [1.29, 1.82) is 0 Å². The van der Waals surface area contributed by atoms with Crippen molar-refractivity contribution in [1.82, 2.24) is 10.6 Å². The maximum Gasteiger partial charge on any atom is 0.330 e. The summed E-state index contributed by atoms with van der Waals surface area (Å²) in [6.07, 6.45) is 0.572. The summed E-state index contributed by atoms with van der Waals surface area (Å²) in [6, 6.07) is 2.65. The smallest absolute Gasteiger partial charge is 0.330 e. The number of rotatable bonds is 8. The Balaban J connectivity index is 2.62. The van der Waals surface area contributed by atoms with Gasteiger partial charge in [-0.15, -0.1) is 0 Å². The van der Waals surface area contributed by atoms with Crippen molar-refractivity contribution >= 4 is 17.8 Å². The maximum absolute atomic E-state index is 13.3. The number of carboxylic acids is 1. The first kappa shape index (κ1) is 18.6. The van der Waals surface area contributed by atoms with Gasteiger partial charge in [0.15, 0.2) is 6.04 Å². The summed E-state index contributed by atoms with van der Waals surface area (Å²) < 4.78 is 13.3. The fraction of sp³-hybridized carbons (Fsp3) is 0.438. The first-order chi connectivity index (χ1) is 10.8. The highest BCUT2D eigenvalue weighted by molar-refractivity contribution is 5.85. The average Bonchev–Trinajstić information content (AvgIpc) is 2.48. The van der Waals surface area contributed by atoms with E-state index < -0.39 is 23.7 Å². The van der Waals surface area contributed by atoms with Crippen LogP contribution in [0.1, 0.15) is 43.4 Å². The standard InChI is InChI=1S/C16H21FN2O4/c1-3-18-13(20)5-4-6-14(21)19-15(16(22)23)11-7-8-12(17)10(2)9-11/h7-9,15H,3-6H2,1-2H3,(H,18,20)(H,19,21)(H,22,23). The third-order valence-corrected chi connectivity index (χ3v) is 3.25. The molecule has 0 aliphatic carbocycles. The number of carboxylic acid groups (broad SMARTS) is 1. The van der Waals surface area contributed by atoms with Crippen molar-refractivity contribution in [2.24, 2.45) is 0 Å². The molecule has 2 amide bonds. The number of benzene rings is 1. The van der Waals surface area contributed by atoms with Gasteiger partial charge in [-0.1, -0.05) is 12.1 Å². The summed E-state index contributed by atoms with van der Waals surface area (Å²) in [6.45, 7) is 3.84. The molecule has 1 aromatic carbocycles. The predicted octanol–water partition coefficient (Wildman–Crippen LogP) is 1.68. The molecule has 0 fully saturated rings. The second-order valence-corrected chi connectivity index (χ2v) is 5.15. The van der Waals surface area contributed by atoms with Crippen molar-refractivity contribution in [3.8, 4) is 0 Å². The van der Waals surface area contributed by atoms with Gasteiger partial charge in [-0.2, -0.15) is 0 Å². The molecule has 6 nitrogen and oxygen atoms in total. The van der Waals surface area contributed by atoms with Crippen molar-refractivity contribution in [3.63, 3.8) is 0 Å². The molecule has 3 N–H and O–H groups in total. The van der Waals surface area contributed by atoms with E-state index in [1.165, 1.54) is 25.1 Å². The van der Waals surface area contributed by atoms with Crippen LogP contribution in [-0.4, -0.2) is 29.4 Å². The zero-order valence-corrected chi connectivity index (χ0v) is 13.2. The number of carbonyl (C=O) groups is 3. The number of amides is 2. The molecular formula is C16H21FN2O4. The predicted molar refractivity (Wildman–Crippen MR) is 82.2 cm³/mol. The van der Waals surface area contributed by atoms with Gasteiger partial charge in [0.25, 0.3) is 0 Å². The molecule has 1 atom stereocenters. The summed E-state index contributed by atoms with van der Waals surface area (Å²) in [4.78, 5) is 34.4. The second kappa shape index (κ2) is 8.87. The lowest BCUT2D eigenvalue weighted by Crippen LogP contribution is -2.34. The molecule has 126 valence electrons. The number of halogens is 1. The lowest BCUT2D eigenvalue weighted by molar-refractivity contribution is -0.142. The molecule has 7 heteroatoms. The molecule has 1 aromatic rings. The Bertz CT molecular complexity index is 589. The van der Waals surface area contributed by atoms with Gasteiger partial charge in [-0.3, -0.25) is 9.59 Å². The van der Waals surface area contributed by atoms with Gasteiger partial charge in [0.2, 0.25) is 11.8 Å². The summed E-state index contributed by atoms with van der Waals surface area (Å²) in [5.41, 5.74) is 0.604. The van der Waals surface area contributed by atoms with E-state index in [9.17, 15) is 23.9 Å². The van der Waals surface area contributed by atoms with E-state index >= 15 is 0 Å². The van der Waals surface area contributed by atoms with Crippen LogP contribution in [0.5, 0.6) is 0 Å². The fourth-order valence-corrected chi connectivity index (χ4v) is 2.06. The van der Waals surface area contributed by atoms with Crippen molar-refractivity contribution < 1.29 is 23.9 Å². The molecule has 0 aliphatic rings. The SMILES string of the molecule is CCNC(=O)CCCC(=O)NC(C(=O)O)c1ccc(F)c(C)c1. The lowest BCUT2D eigenvalue weighted by atomic mass is 10.0. The third-order valence-electron chi connectivity index (χ3n) is 3.25. The first-order valence-corrected chi connectivity index (χ1v) is 7.40. The number of hydrogen-bond donors (Lipinski definition) is 3. The number of aryl methyl sites for hydroxylation is 1. The minimum atomic E-state index is -1.24. The van der Waals surface area contributed by atoms with Gasteiger partial charge in [0.05, 0.1) is 0 Å². The van der Waals surface area contributed by atoms with Crippen LogP contribution in [0.25, 0.3) is 0 Å². The summed E-state index contributed by atoms with van der Waals surface area (Å²) >= 11 is 0. The molecule has 1 rings (SSSR count). The van der Waals surface area contributed by atoms with Crippen LogP contribution in [0.3, 0.4) is 0 Å². The largest absolute Gasteiger partial charge is 0.479 e. The van der Waals surface area contributed by atoms with Crippen LogP contribution in [0.15, 0.2) is 18.2 Å². The van der Waals surface area contributed by atoms with Crippen LogP contribution in [0.4, 0.5) is 4.39 Å². The molecule has 0 saturated heterocycles. The van der Waals surface area contributed by atoms with Crippen LogP contribution in [0, 0.1) is 12.7 Å². The Morgan fingerprint density at radius 2 is 1.87 bits per heavy atom. The van der Waals surface area contributed by atoms with Crippen LogP contribution in [0.2, 0.25) is 0 Å². The summed E-state index contributed by atoms with van der Waals surface area (Å²) in [7, 11) is 0. The molecule has 0 radical (unpaired) electrons. The molecule has 1 unspecified atom stereocenters. The minimum absolute atomic E-state index is 0.0427. The van der Waals surface area contributed by atoms with Gasteiger partial charge >= 0.3 is 5.97 Å². The van der Waals surface area contributed by atoms with Gasteiger partial charge in [-0.05, 0) is 37.5 Å². The number of hydrogen-bond acceptors (Lipinski definition) is 3. The van der Waals surface area contributed by atoms with Crippen molar-refractivity contribution in [2.45, 2.75) is 39.2 Å². The van der Waals surface area contributed by atoms with Gasteiger partial charge < -0.3 is 15.7 Å². The Kier molecular flexibility index (Phi) is 7.18. The summed E-state index contributed by atoms with van der Waals surface area (Å²) in [5, 5.41) is 14.3. The number of nitrogens with one attached hydrogen (secondary N) is 2. The highest BCUT2D eigenvalue weighted by Gasteiger charge is 2.22. The number of carbonyl (C=O) groups excluding carboxylic acids is 2. The molecular weight excluding hydrogens is 303 g/mol. The highest BCUT2D eigenvalue weighted by Crippen LogP contribution is 2.17. The summed E-state index contributed by atoms with van der Waals surface area (Å²) in [5.74, 6) is -2.29. The van der Waals surface area contributed by atoms with Gasteiger partial charge in [0, 0.05) is 19.4 Å². The van der Waals surface area contributed by atoms with Crippen LogP contribution in [-0.2, 0) is 14.4 Å². The zero-order valence-electron chi connectivity index (χ0n) is 13.2. The van der Waals surface area contributed by atoms with Gasteiger partial charge in [0.1, 0.15) is 5.82 Å². The van der Waals surface area contributed by atoms with Crippen molar-refractivity contribution in [3.05, 3.63) is 35.1 Å². The van der Waals surface area contributed by atoms with E-state index in [-0.39, 0.29) is 18.7 Å². The first-order valence-electron chi connectivity index (χ1n) is 7.40. The topological polar surface area (TPSA) is 95.5 Å². The Morgan fingerprint density at radius 3 is 2.43 bits per heavy atom. The Labute approximate surface area is 134 Å². The highest BCUT2D eigenvalue weighted by atomic mass is 19.1. The molecule has 0 saturated carbocycles. The minimum Gasteiger partial charge on any atom is -0.479 e. The number of aliphatic carboxylic acids is 1. The molecule has 0 aromatic heterocycles. The van der Waals surface area contributed by atoms with Gasteiger partial charge in [-0.25, -0.2) is 9.18 Å². The maximum atomic E-state index is 13.3. The quantitative estimate of drug-likeness (QED) is 0.678. The van der Waals surface area contributed by atoms with Crippen LogP contribution < -0.4 is 10.6 Å². The lowest BCUT2D eigenvalue weighted by Gasteiger charge is -2.15. The third kappa shape index (κ3) is 6.06. The zero-order chi connectivity index (χ0) is 17.4. The molecule has 0 aliphatic heterocycles. The van der Waals surface area contributed by atoms with E-state index in [2.05, 4.69) is 10.6 Å². The fourth-order valence-electron chi connectivity index (χ4n) is 2.06. The van der Waals surface area contributed by atoms with E-state index in [0.717, 1.165) is 0 Å². The molecule has 0 spiro atoms. The van der Waals surface area contributed by atoms with E-state index in [1.807, 2.05) is 0 Å². The Hall–Kier alpha value is -2.44. The van der Waals surface area contributed by atoms with Crippen LogP contribution >= 0.6 is 0 Å². The molecule has 0 heterocycles. The molecule has 23 heavy (non-hydrogen) atoms. The van der Waals surface area contributed by atoms with E-state index in [0.29, 0.717) is 24.1 Å². The molecule has 0 bridgehead atoms. The monoisotopic (exact) mass is 324 g/mol. The van der Waals surface area contributed by atoms with Crippen molar-refractivity contribution in [2.75, 3.05) is 6.54 Å². The second-order valence-electron chi connectivity index (χ2n) is 5.15. The normalized spacial score (nSPS) is 11.6. The van der Waals surface area contributed by atoms with E-state index in [4.69, 9.17) is 0 Å². The average molecular weight is 324 g/mol.